The second-order valence-electron chi connectivity index (χ2n) is 12.1. The van der Waals surface area contributed by atoms with Crippen LogP contribution in [0, 0.1) is 5.82 Å². The van der Waals surface area contributed by atoms with Gasteiger partial charge >= 0.3 is 18.0 Å². The number of piperazine rings is 1. The number of nitrogens with one attached hydrogen (secondary N) is 1. The SMILES string of the molecule is COC(=O)C1=C(CN2CCN3C(=O)N(Cc4ccn(Cc5ccc(C(=O)O)cc5)n4)C[C@@H]3C2)NC(c2nccs2)=N[C@H]1c1ccc(F)cc1Cl. The number of rotatable bonds is 10. The van der Waals surface area contributed by atoms with Crippen molar-refractivity contribution < 1.29 is 28.6 Å². The summed E-state index contributed by atoms with van der Waals surface area (Å²) in [5.41, 5.74) is 3.18. The molecule has 2 aromatic carbocycles. The predicted molar refractivity (Wildman–Crippen MR) is 182 cm³/mol. The third-order valence-corrected chi connectivity index (χ3v) is 10.0. The number of thiazole rings is 1. The lowest BCUT2D eigenvalue weighted by atomic mass is 9.95. The van der Waals surface area contributed by atoms with Gasteiger partial charge in [0, 0.05) is 66.8 Å². The highest BCUT2D eigenvalue weighted by Crippen LogP contribution is 2.37. The van der Waals surface area contributed by atoms with E-state index in [0.717, 1.165) is 11.3 Å². The van der Waals surface area contributed by atoms with Crippen LogP contribution < -0.4 is 5.32 Å². The van der Waals surface area contributed by atoms with Crippen molar-refractivity contribution in [2.75, 3.05) is 39.8 Å². The monoisotopic (exact) mass is 718 g/mol. The summed E-state index contributed by atoms with van der Waals surface area (Å²) in [6.45, 7) is 3.30. The fourth-order valence-electron chi connectivity index (χ4n) is 6.52. The molecule has 3 aliphatic heterocycles. The molecule has 2 aromatic heterocycles. The summed E-state index contributed by atoms with van der Waals surface area (Å²) in [4.78, 5) is 53.0. The van der Waals surface area contributed by atoms with Crippen molar-refractivity contribution in [2.45, 2.75) is 25.2 Å². The molecule has 4 aromatic rings. The molecule has 258 valence electrons. The van der Waals surface area contributed by atoms with Crippen molar-refractivity contribution in [1.82, 2.24) is 34.8 Å². The molecule has 0 unspecified atom stereocenters. The largest absolute Gasteiger partial charge is 0.478 e. The van der Waals surface area contributed by atoms with Crippen LogP contribution in [0.4, 0.5) is 9.18 Å². The van der Waals surface area contributed by atoms with Gasteiger partial charge in [-0.15, -0.1) is 11.3 Å². The van der Waals surface area contributed by atoms with Crippen LogP contribution in [0.1, 0.15) is 38.2 Å². The molecule has 0 bridgehead atoms. The summed E-state index contributed by atoms with van der Waals surface area (Å²) in [6, 6.07) is 11.5. The van der Waals surface area contributed by atoms with Gasteiger partial charge in [-0.2, -0.15) is 5.10 Å². The molecule has 0 saturated carbocycles. The quantitative estimate of drug-likeness (QED) is 0.232. The van der Waals surface area contributed by atoms with Gasteiger partial charge in [0.05, 0.1) is 43.1 Å². The second kappa shape index (κ2) is 14.0. The van der Waals surface area contributed by atoms with Crippen molar-refractivity contribution in [3.63, 3.8) is 0 Å². The maximum Gasteiger partial charge on any atom is 0.338 e. The van der Waals surface area contributed by atoms with Crippen LogP contribution in [0.15, 0.2) is 82.6 Å². The van der Waals surface area contributed by atoms with Gasteiger partial charge in [0.1, 0.15) is 11.9 Å². The topological polar surface area (TPSA) is 145 Å². The van der Waals surface area contributed by atoms with Crippen molar-refractivity contribution in [1.29, 1.82) is 0 Å². The zero-order valence-corrected chi connectivity index (χ0v) is 28.4. The van der Waals surface area contributed by atoms with E-state index in [-0.39, 0.29) is 28.2 Å². The molecule has 50 heavy (non-hydrogen) atoms. The van der Waals surface area contributed by atoms with Crippen LogP contribution in [0.25, 0.3) is 0 Å². The highest BCUT2D eigenvalue weighted by atomic mass is 35.5. The number of aliphatic imine (C=N–C) groups is 1. The lowest BCUT2D eigenvalue weighted by Crippen LogP contribution is -2.53. The lowest BCUT2D eigenvalue weighted by Gasteiger charge is -2.38. The highest BCUT2D eigenvalue weighted by Gasteiger charge is 2.42. The molecule has 16 heteroatoms. The summed E-state index contributed by atoms with van der Waals surface area (Å²) in [5.74, 6) is -1.60. The minimum atomic E-state index is -0.975. The number of halogens is 2. The van der Waals surface area contributed by atoms with Crippen LogP contribution in [0.5, 0.6) is 0 Å². The number of benzene rings is 2. The van der Waals surface area contributed by atoms with E-state index >= 15 is 0 Å². The van der Waals surface area contributed by atoms with Crippen LogP contribution in [-0.2, 0) is 22.6 Å². The summed E-state index contributed by atoms with van der Waals surface area (Å²) >= 11 is 7.88. The van der Waals surface area contributed by atoms with Crippen molar-refractivity contribution in [2.24, 2.45) is 4.99 Å². The number of urea groups is 1. The number of amidine groups is 1. The number of fused-ring (bicyclic) bond motifs is 1. The first-order valence-electron chi connectivity index (χ1n) is 15.8. The number of carboxylic acid groups (broad SMARTS) is 1. The number of hydrogen-bond acceptors (Lipinski definition) is 10. The van der Waals surface area contributed by atoms with E-state index in [4.69, 9.17) is 26.4 Å². The highest BCUT2D eigenvalue weighted by molar-refractivity contribution is 7.11. The van der Waals surface area contributed by atoms with Gasteiger partial charge in [0.25, 0.3) is 0 Å². The average molecular weight is 719 g/mol. The Kier molecular flexibility index (Phi) is 9.35. The minimum Gasteiger partial charge on any atom is -0.478 e. The number of esters is 1. The Morgan fingerprint density at radius 3 is 2.64 bits per heavy atom. The van der Waals surface area contributed by atoms with E-state index in [1.165, 1.54) is 36.6 Å². The van der Waals surface area contributed by atoms with Crippen LogP contribution in [0.2, 0.25) is 5.02 Å². The Bertz CT molecular complexity index is 2000. The van der Waals surface area contributed by atoms with Gasteiger partial charge in [-0.3, -0.25) is 14.6 Å². The molecule has 2 saturated heterocycles. The minimum absolute atomic E-state index is 0.0529. The third-order valence-electron chi connectivity index (χ3n) is 8.91. The first-order valence-corrected chi connectivity index (χ1v) is 17.1. The first kappa shape index (κ1) is 33.4. The number of carbonyl (C=O) groups is 3. The Morgan fingerprint density at radius 1 is 1.10 bits per heavy atom. The van der Waals surface area contributed by atoms with E-state index in [1.54, 1.807) is 40.0 Å². The summed E-state index contributed by atoms with van der Waals surface area (Å²) < 4.78 is 21.0. The molecular formula is C34H32ClFN8O5S. The first-order chi connectivity index (χ1) is 24.2. The predicted octanol–water partition coefficient (Wildman–Crippen LogP) is 4.02. The number of aromatic nitrogens is 3. The molecule has 2 N–H and O–H groups in total. The molecule has 7 rings (SSSR count). The Balaban J connectivity index is 1.06. The van der Waals surface area contributed by atoms with Crippen molar-refractivity contribution in [3.8, 4) is 0 Å². The Morgan fingerprint density at radius 2 is 1.92 bits per heavy atom. The summed E-state index contributed by atoms with van der Waals surface area (Å²) in [6.07, 6.45) is 3.51. The van der Waals surface area contributed by atoms with Gasteiger partial charge in [0.2, 0.25) is 0 Å². The molecule has 0 aliphatic carbocycles. The molecule has 0 radical (unpaired) electrons. The van der Waals surface area contributed by atoms with Gasteiger partial charge in [-0.05, 0) is 35.9 Å². The van der Waals surface area contributed by atoms with Gasteiger partial charge in [-0.1, -0.05) is 29.8 Å². The van der Waals surface area contributed by atoms with Crippen LogP contribution in [0.3, 0.4) is 0 Å². The summed E-state index contributed by atoms with van der Waals surface area (Å²) in [7, 11) is 1.30. The molecule has 2 fully saturated rings. The Labute approximate surface area is 295 Å². The fourth-order valence-corrected chi connectivity index (χ4v) is 7.38. The molecule has 5 heterocycles. The smallest absolute Gasteiger partial charge is 0.338 e. The van der Waals surface area contributed by atoms with E-state index in [2.05, 4.69) is 20.3 Å². The zero-order valence-electron chi connectivity index (χ0n) is 26.8. The fraction of sp³-hybridized carbons (Fsp3) is 0.294. The molecule has 2 atom stereocenters. The summed E-state index contributed by atoms with van der Waals surface area (Å²) in [5, 5.41) is 19.7. The maximum absolute atomic E-state index is 14.0. The van der Waals surface area contributed by atoms with Gasteiger partial charge in [0.15, 0.2) is 10.8 Å². The lowest BCUT2D eigenvalue weighted by molar-refractivity contribution is -0.136. The second-order valence-corrected chi connectivity index (χ2v) is 13.4. The number of hydrogen-bond donors (Lipinski definition) is 2. The molecular weight excluding hydrogens is 687 g/mol. The number of carbonyl (C=O) groups excluding carboxylic acids is 2. The van der Waals surface area contributed by atoms with Gasteiger partial charge in [-0.25, -0.2) is 23.8 Å². The van der Waals surface area contributed by atoms with E-state index in [0.29, 0.717) is 67.9 Å². The maximum atomic E-state index is 14.0. The molecule has 2 amide bonds. The number of nitrogens with zero attached hydrogens (tertiary/aromatic N) is 7. The molecule has 3 aliphatic rings. The van der Waals surface area contributed by atoms with Crippen LogP contribution >= 0.6 is 22.9 Å². The number of amides is 2. The van der Waals surface area contributed by atoms with E-state index in [1.807, 2.05) is 22.5 Å². The number of carboxylic acids is 1. The normalized spacial score (nSPS) is 19.3. The Hall–Kier alpha value is -5.12. The molecule has 13 nitrogen and oxygen atoms in total. The van der Waals surface area contributed by atoms with Gasteiger partial charge < -0.3 is 25.0 Å². The van der Waals surface area contributed by atoms with E-state index in [9.17, 15) is 18.8 Å². The number of ether oxygens (including phenoxy) is 1. The number of aromatic carboxylic acids is 1. The third kappa shape index (κ3) is 6.84. The molecule has 0 spiro atoms. The van der Waals surface area contributed by atoms with Crippen LogP contribution in [-0.4, -0.2) is 104 Å². The van der Waals surface area contributed by atoms with Crippen molar-refractivity contribution in [3.05, 3.63) is 116 Å². The van der Waals surface area contributed by atoms with Crippen molar-refractivity contribution >= 4 is 46.7 Å². The zero-order chi connectivity index (χ0) is 34.9. The standard InChI is InChI=1S/C34H32ClFN8O5S/c1-49-33(47)28-27(38-30(31-37-9-13-50-31)39-29(28)25-7-6-22(36)14-26(25)35)19-41-11-12-44-24(17-41)18-42(34(44)48)16-23-8-10-43(40-23)15-20-2-4-21(5-3-20)32(45)46/h2-10,13-14,24,29H,11-12,15-19H2,1H3,(H,38,39)(H,45,46)/t24-,29-/m0/s1. The average Bonchev–Trinajstić information content (AvgIpc) is 3.86. The number of methoxy groups -OCH3 is 1. The van der Waals surface area contributed by atoms with E-state index < -0.39 is 23.8 Å².